The lowest BCUT2D eigenvalue weighted by Crippen LogP contribution is -2.46. The Kier molecular flexibility index (Phi) is 8.13. The molecule has 29 heavy (non-hydrogen) atoms. The maximum Gasteiger partial charge on any atom is 0.241 e. The number of amides is 2. The molecule has 0 saturated carbocycles. The Morgan fingerprint density at radius 1 is 1.24 bits per heavy atom. The van der Waals surface area contributed by atoms with E-state index in [0.717, 1.165) is 5.56 Å². The zero-order valence-corrected chi connectivity index (χ0v) is 17.0. The molecule has 0 aliphatic carbocycles. The molecular formula is C21H22ClFN4O2. The lowest BCUT2D eigenvalue weighted by Gasteiger charge is -2.26. The first-order chi connectivity index (χ1) is 13.8. The van der Waals surface area contributed by atoms with E-state index in [1.54, 1.807) is 30.0 Å². The predicted molar refractivity (Wildman–Crippen MR) is 110 cm³/mol. The van der Waals surface area contributed by atoms with Crippen LogP contribution in [0.3, 0.4) is 0 Å². The van der Waals surface area contributed by atoms with E-state index >= 15 is 0 Å². The fourth-order valence-electron chi connectivity index (χ4n) is 2.66. The van der Waals surface area contributed by atoms with Gasteiger partial charge in [0.15, 0.2) is 0 Å². The smallest absolute Gasteiger partial charge is 0.241 e. The van der Waals surface area contributed by atoms with Crippen LogP contribution in [0.15, 0.2) is 42.5 Å². The third kappa shape index (κ3) is 6.56. The highest BCUT2D eigenvalue weighted by Crippen LogP contribution is 2.20. The van der Waals surface area contributed by atoms with Gasteiger partial charge < -0.3 is 10.6 Å². The number of nitrogens with zero attached hydrogens (tertiary/aromatic N) is 2. The summed E-state index contributed by atoms with van der Waals surface area (Å²) in [6.45, 7) is 4.38. The van der Waals surface area contributed by atoms with Gasteiger partial charge in [-0.2, -0.15) is 5.26 Å². The number of carbonyl (C=O) groups excluding carboxylic acids is 2. The van der Waals surface area contributed by atoms with Crippen molar-refractivity contribution in [2.24, 2.45) is 0 Å². The van der Waals surface area contributed by atoms with E-state index < -0.39 is 6.04 Å². The number of benzene rings is 2. The zero-order chi connectivity index (χ0) is 21.4. The third-order valence-electron chi connectivity index (χ3n) is 4.44. The number of hydrogen-bond acceptors (Lipinski definition) is 4. The summed E-state index contributed by atoms with van der Waals surface area (Å²) in [6.07, 6.45) is 0. The van der Waals surface area contributed by atoms with Crippen molar-refractivity contribution in [2.75, 3.05) is 18.4 Å². The van der Waals surface area contributed by atoms with Crippen LogP contribution in [0.1, 0.15) is 25.0 Å². The fraction of sp³-hybridized carbons (Fsp3) is 0.286. The van der Waals surface area contributed by atoms with E-state index in [0.29, 0.717) is 17.8 Å². The Morgan fingerprint density at radius 3 is 2.52 bits per heavy atom. The summed E-state index contributed by atoms with van der Waals surface area (Å²) in [6, 6.07) is 11.9. The molecule has 2 amide bonds. The molecule has 1 unspecified atom stereocenters. The Morgan fingerprint density at radius 2 is 1.93 bits per heavy atom. The molecule has 0 heterocycles. The summed E-state index contributed by atoms with van der Waals surface area (Å²) in [5, 5.41) is 14.7. The van der Waals surface area contributed by atoms with Crippen LogP contribution in [-0.4, -0.2) is 35.8 Å². The summed E-state index contributed by atoms with van der Waals surface area (Å²) in [4.78, 5) is 26.5. The van der Waals surface area contributed by atoms with Crippen molar-refractivity contribution < 1.29 is 14.0 Å². The SMILES string of the molecule is CCN(CC(=O)NCc1ccc(F)cc1)C(C)C(=O)Nc1ccc(C#N)c(Cl)c1. The van der Waals surface area contributed by atoms with Gasteiger partial charge >= 0.3 is 0 Å². The zero-order valence-electron chi connectivity index (χ0n) is 16.2. The van der Waals surface area contributed by atoms with Gasteiger partial charge in [0.1, 0.15) is 11.9 Å². The average molecular weight is 417 g/mol. The first kappa shape index (κ1) is 22.3. The highest BCUT2D eigenvalue weighted by Gasteiger charge is 2.22. The van der Waals surface area contributed by atoms with Gasteiger partial charge in [-0.3, -0.25) is 14.5 Å². The first-order valence-electron chi connectivity index (χ1n) is 9.09. The lowest BCUT2D eigenvalue weighted by molar-refractivity contribution is -0.125. The second-order valence-corrected chi connectivity index (χ2v) is 6.85. The van der Waals surface area contributed by atoms with Gasteiger partial charge in [-0.1, -0.05) is 30.7 Å². The number of anilines is 1. The molecule has 6 nitrogen and oxygen atoms in total. The maximum absolute atomic E-state index is 12.9. The van der Waals surface area contributed by atoms with Gasteiger partial charge in [0.25, 0.3) is 0 Å². The van der Waals surface area contributed by atoms with E-state index in [1.807, 2.05) is 13.0 Å². The van der Waals surface area contributed by atoms with Crippen LogP contribution in [0.25, 0.3) is 0 Å². The molecule has 0 aliphatic rings. The molecule has 0 spiro atoms. The van der Waals surface area contributed by atoms with Crippen molar-refractivity contribution in [3.63, 3.8) is 0 Å². The van der Waals surface area contributed by atoms with E-state index in [-0.39, 0.29) is 35.7 Å². The highest BCUT2D eigenvalue weighted by molar-refractivity contribution is 6.32. The van der Waals surface area contributed by atoms with Crippen LogP contribution in [0.5, 0.6) is 0 Å². The number of nitrogens with one attached hydrogen (secondary N) is 2. The van der Waals surface area contributed by atoms with Crippen LogP contribution < -0.4 is 10.6 Å². The molecule has 152 valence electrons. The standard InChI is InChI=1S/C21H22ClFN4O2/c1-3-27(13-20(28)25-12-15-4-7-17(23)8-5-15)14(2)21(29)26-18-9-6-16(11-24)19(22)10-18/h4-10,14H,3,12-13H2,1-2H3,(H,25,28)(H,26,29). The molecule has 0 aromatic heterocycles. The fourth-order valence-corrected chi connectivity index (χ4v) is 2.88. The summed E-state index contributed by atoms with van der Waals surface area (Å²) in [5.41, 5.74) is 1.58. The van der Waals surface area contributed by atoms with Gasteiger partial charge in [0, 0.05) is 12.2 Å². The number of likely N-dealkylation sites (N-methyl/N-ethyl adjacent to an activating group) is 1. The number of carbonyl (C=O) groups is 2. The van der Waals surface area contributed by atoms with Crippen molar-refractivity contribution in [3.8, 4) is 6.07 Å². The Balaban J connectivity index is 1.91. The molecule has 0 saturated heterocycles. The van der Waals surface area contributed by atoms with Crippen molar-refractivity contribution in [1.82, 2.24) is 10.2 Å². The van der Waals surface area contributed by atoms with E-state index in [4.69, 9.17) is 16.9 Å². The number of hydrogen-bond donors (Lipinski definition) is 2. The summed E-state index contributed by atoms with van der Waals surface area (Å²) in [5.74, 6) is -0.864. The molecular weight excluding hydrogens is 395 g/mol. The minimum absolute atomic E-state index is 0.0421. The van der Waals surface area contributed by atoms with Gasteiger partial charge in [-0.15, -0.1) is 0 Å². The number of halogens is 2. The largest absolute Gasteiger partial charge is 0.351 e. The molecule has 1 atom stereocenters. The molecule has 0 fully saturated rings. The minimum atomic E-state index is -0.564. The Hall–Kier alpha value is -2.95. The van der Waals surface area contributed by atoms with Crippen molar-refractivity contribution in [1.29, 1.82) is 5.26 Å². The van der Waals surface area contributed by atoms with Crippen LogP contribution in [0, 0.1) is 17.1 Å². The molecule has 2 N–H and O–H groups in total. The minimum Gasteiger partial charge on any atom is -0.351 e. The molecule has 2 aromatic carbocycles. The molecule has 2 aromatic rings. The van der Waals surface area contributed by atoms with Crippen LogP contribution >= 0.6 is 11.6 Å². The van der Waals surface area contributed by atoms with Gasteiger partial charge in [0.2, 0.25) is 11.8 Å². The van der Waals surface area contributed by atoms with Crippen molar-refractivity contribution in [3.05, 3.63) is 64.4 Å². The number of nitriles is 1. The van der Waals surface area contributed by atoms with Gasteiger partial charge in [0.05, 0.1) is 23.2 Å². The second kappa shape index (κ2) is 10.6. The highest BCUT2D eigenvalue weighted by atomic mass is 35.5. The van der Waals surface area contributed by atoms with Crippen LogP contribution in [0.2, 0.25) is 5.02 Å². The monoisotopic (exact) mass is 416 g/mol. The van der Waals surface area contributed by atoms with Crippen molar-refractivity contribution >= 4 is 29.1 Å². The van der Waals surface area contributed by atoms with Crippen LogP contribution in [-0.2, 0) is 16.1 Å². The molecule has 0 radical (unpaired) electrons. The maximum atomic E-state index is 12.9. The summed E-state index contributed by atoms with van der Waals surface area (Å²) < 4.78 is 12.9. The Labute approximate surface area is 174 Å². The topological polar surface area (TPSA) is 85.2 Å². The van der Waals surface area contributed by atoms with Gasteiger partial charge in [-0.05, 0) is 49.4 Å². The number of rotatable bonds is 8. The van der Waals surface area contributed by atoms with E-state index in [1.165, 1.54) is 24.3 Å². The molecule has 0 aliphatic heterocycles. The Bertz CT molecular complexity index is 912. The lowest BCUT2D eigenvalue weighted by atomic mass is 10.2. The normalized spacial score (nSPS) is 11.6. The predicted octanol–water partition coefficient (Wildman–Crippen LogP) is 3.32. The second-order valence-electron chi connectivity index (χ2n) is 6.44. The van der Waals surface area contributed by atoms with E-state index in [9.17, 15) is 14.0 Å². The van der Waals surface area contributed by atoms with Crippen LogP contribution in [0.4, 0.5) is 10.1 Å². The van der Waals surface area contributed by atoms with Crippen molar-refractivity contribution in [2.45, 2.75) is 26.4 Å². The quantitative estimate of drug-likeness (QED) is 0.691. The van der Waals surface area contributed by atoms with E-state index in [2.05, 4.69) is 10.6 Å². The first-order valence-corrected chi connectivity index (χ1v) is 9.47. The summed E-state index contributed by atoms with van der Waals surface area (Å²) >= 11 is 5.99. The molecule has 2 rings (SSSR count). The molecule has 8 heteroatoms. The van der Waals surface area contributed by atoms with Gasteiger partial charge in [-0.25, -0.2) is 4.39 Å². The summed E-state index contributed by atoms with van der Waals surface area (Å²) in [7, 11) is 0. The molecule has 0 bridgehead atoms. The average Bonchev–Trinajstić information content (AvgIpc) is 2.71. The third-order valence-corrected chi connectivity index (χ3v) is 4.75.